The molecule has 4 aliphatic rings. The van der Waals surface area contributed by atoms with Crippen molar-refractivity contribution in [2.24, 2.45) is 11.8 Å². The molecule has 3 saturated heterocycles. The molecule has 0 N–H and O–H groups in total. The van der Waals surface area contributed by atoms with Gasteiger partial charge in [0.1, 0.15) is 11.0 Å². The van der Waals surface area contributed by atoms with E-state index in [1.165, 1.54) is 12.8 Å². The van der Waals surface area contributed by atoms with E-state index in [1.54, 1.807) is 11.8 Å². The van der Waals surface area contributed by atoms with Crippen molar-refractivity contribution >= 4 is 23.4 Å². The van der Waals surface area contributed by atoms with Crippen LogP contribution in [0.1, 0.15) is 46.0 Å². The largest absolute Gasteiger partial charge is 0.330 e. The quantitative estimate of drug-likeness (QED) is 0.662. The Morgan fingerprint density at radius 2 is 1.91 bits per heavy atom. The first-order valence-electron chi connectivity index (χ1n) is 8.48. The van der Waals surface area contributed by atoms with E-state index in [9.17, 15) is 0 Å². The van der Waals surface area contributed by atoms with Crippen LogP contribution in [-0.4, -0.2) is 16.8 Å². The van der Waals surface area contributed by atoms with Crippen LogP contribution in [0.25, 0.3) is 0 Å². The average molecular weight is 355 g/mol. The average Bonchev–Trinajstić information content (AvgIpc) is 2.75. The zero-order valence-electron chi connectivity index (χ0n) is 13.6. The van der Waals surface area contributed by atoms with E-state index in [-0.39, 0.29) is 11.0 Å². The molecule has 2 bridgehead atoms. The molecule has 1 saturated carbocycles. The maximum absolute atomic E-state index is 6.42. The van der Waals surface area contributed by atoms with Gasteiger partial charge in [-0.15, -0.1) is 0 Å². The molecule has 1 aromatic carbocycles. The Labute approximate surface area is 146 Å². The van der Waals surface area contributed by atoms with Gasteiger partial charge in [0.25, 0.3) is 0 Å². The molecule has 1 spiro atoms. The summed E-state index contributed by atoms with van der Waals surface area (Å²) in [5, 5.41) is 0.756. The minimum Gasteiger partial charge on any atom is -0.330 e. The fraction of sp³-hybridized carbons (Fsp3) is 0.667. The minimum absolute atomic E-state index is 0.0438. The summed E-state index contributed by atoms with van der Waals surface area (Å²) in [5.41, 5.74) is -0.379. The first-order valence-corrected chi connectivity index (χ1v) is 9.73. The van der Waals surface area contributed by atoms with Crippen molar-refractivity contribution in [1.82, 2.24) is 0 Å². The van der Waals surface area contributed by atoms with Crippen molar-refractivity contribution in [2.45, 2.75) is 67.7 Å². The Balaban J connectivity index is 1.67. The molecular formula is C18H23ClO3S. The van der Waals surface area contributed by atoms with Crippen LogP contribution in [0.4, 0.5) is 0 Å². The topological polar surface area (TPSA) is 27.7 Å². The lowest BCUT2D eigenvalue weighted by atomic mass is 9.68. The van der Waals surface area contributed by atoms with Gasteiger partial charge in [0.05, 0.1) is 0 Å². The van der Waals surface area contributed by atoms with Gasteiger partial charge in [-0.25, -0.2) is 9.78 Å². The summed E-state index contributed by atoms with van der Waals surface area (Å²) in [4.78, 5) is 13.0. The molecule has 3 nitrogen and oxygen atoms in total. The second-order valence-electron chi connectivity index (χ2n) is 7.29. The van der Waals surface area contributed by atoms with E-state index < -0.39 is 5.79 Å². The SMILES string of the molecule is C[C@@H]1CCC[C@]23OO[C@@](C)(CC[C@@H]12)O[C@@H]3Sc1ccc(Cl)cc1. The van der Waals surface area contributed by atoms with Crippen LogP contribution < -0.4 is 0 Å². The summed E-state index contributed by atoms with van der Waals surface area (Å²) in [5.74, 6) is 0.502. The molecular weight excluding hydrogens is 332 g/mol. The summed E-state index contributed by atoms with van der Waals surface area (Å²) in [7, 11) is 0. The molecule has 1 aromatic rings. The molecule has 5 rings (SSSR count). The third kappa shape index (κ3) is 2.83. The van der Waals surface area contributed by atoms with Gasteiger partial charge in [0.2, 0.25) is 0 Å². The summed E-state index contributed by atoms with van der Waals surface area (Å²) in [6, 6.07) is 7.96. The normalized spacial score (nSPS) is 43.0. The second kappa shape index (κ2) is 5.92. The molecule has 5 atom stereocenters. The first kappa shape index (κ1) is 16.2. The number of fused-ring (bicyclic) bond motifs is 3. The molecule has 0 radical (unpaired) electrons. The number of benzene rings is 1. The van der Waals surface area contributed by atoms with Crippen LogP contribution in [0.3, 0.4) is 0 Å². The standard InChI is InChI=1S/C18H23ClO3S/c1-12-4-3-10-18-15(12)9-11-17(2,21-22-18)20-16(18)23-14-7-5-13(19)6-8-14/h5-8,12,15-16H,3-4,9-11H2,1-2H3/t12-,15+,16-,17+,18+/m1/s1. The van der Waals surface area contributed by atoms with Crippen molar-refractivity contribution in [3.63, 3.8) is 0 Å². The van der Waals surface area contributed by atoms with Crippen LogP contribution in [-0.2, 0) is 14.5 Å². The zero-order chi connectivity index (χ0) is 16.1. The Hall–Kier alpha value is -0.260. The summed E-state index contributed by atoms with van der Waals surface area (Å²) in [6.45, 7) is 4.34. The lowest BCUT2D eigenvalue weighted by molar-refractivity contribution is -0.514. The van der Waals surface area contributed by atoms with E-state index in [1.807, 2.05) is 19.1 Å². The van der Waals surface area contributed by atoms with E-state index in [2.05, 4.69) is 19.1 Å². The van der Waals surface area contributed by atoms with Crippen molar-refractivity contribution in [3.05, 3.63) is 29.3 Å². The van der Waals surface area contributed by atoms with Crippen LogP contribution >= 0.6 is 23.4 Å². The smallest absolute Gasteiger partial charge is 0.200 e. The lowest BCUT2D eigenvalue weighted by Crippen LogP contribution is -2.58. The van der Waals surface area contributed by atoms with Crippen LogP contribution in [0.5, 0.6) is 0 Å². The molecule has 0 aromatic heterocycles. The second-order valence-corrected chi connectivity index (χ2v) is 8.86. The molecule has 4 fully saturated rings. The number of hydrogen-bond donors (Lipinski definition) is 0. The molecule has 1 aliphatic carbocycles. The first-order chi connectivity index (χ1) is 11.0. The Bertz CT molecular complexity index is 580. The van der Waals surface area contributed by atoms with Gasteiger partial charge >= 0.3 is 0 Å². The van der Waals surface area contributed by atoms with Gasteiger partial charge in [-0.1, -0.05) is 43.1 Å². The molecule has 126 valence electrons. The molecule has 0 amide bonds. The minimum atomic E-state index is -0.633. The van der Waals surface area contributed by atoms with E-state index in [0.717, 1.165) is 29.2 Å². The van der Waals surface area contributed by atoms with Crippen molar-refractivity contribution in [2.75, 3.05) is 0 Å². The van der Waals surface area contributed by atoms with Crippen molar-refractivity contribution in [1.29, 1.82) is 0 Å². The predicted octanol–water partition coefficient (Wildman–Crippen LogP) is 5.42. The summed E-state index contributed by atoms with van der Waals surface area (Å²) in [6.07, 6.45) is 5.43. The highest BCUT2D eigenvalue weighted by atomic mass is 35.5. The van der Waals surface area contributed by atoms with Crippen molar-refractivity contribution in [3.8, 4) is 0 Å². The van der Waals surface area contributed by atoms with Gasteiger partial charge in [-0.3, -0.25) is 0 Å². The molecule has 23 heavy (non-hydrogen) atoms. The molecule has 5 heteroatoms. The van der Waals surface area contributed by atoms with E-state index >= 15 is 0 Å². The zero-order valence-corrected chi connectivity index (χ0v) is 15.2. The van der Waals surface area contributed by atoms with Gasteiger partial charge in [-0.2, -0.15) is 0 Å². The lowest BCUT2D eigenvalue weighted by Gasteiger charge is -2.51. The monoisotopic (exact) mass is 354 g/mol. The number of ether oxygens (including phenoxy) is 1. The molecule has 3 aliphatic heterocycles. The van der Waals surface area contributed by atoms with Crippen molar-refractivity contribution < 1.29 is 14.5 Å². The van der Waals surface area contributed by atoms with E-state index in [4.69, 9.17) is 26.1 Å². The Morgan fingerprint density at radius 1 is 1.13 bits per heavy atom. The molecule has 0 unspecified atom stereocenters. The molecule has 3 heterocycles. The van der Waals surface area contributed by atoms with E-state index in [0.29, 0.717) is 11.8 Å². The Kier molecular flexibility index (Phi) is 4.18. The number of hydrogen-bond acceptors (Lipinski definition) is 4. The van der Waals surface area contributed by atoms with Gasteiger partial charge in [-0.05, 0) is 55.9 Å². The third-order valence-corrected chi connectivity index (χ3v) is 7.14. The van der Waals surface area contributed by atoms with Gasteiger partial charge in [0, 0.05) is 16.3 Å². The highest BCUT2D eigenvalue weighted by molar-refractivity contribution is 7.99. The predicted molar refractivity (Wildman–Crippen MR) is 91.2 cm³/mol. The van der Waals surface area contributed by atoms with Gasteiger partial charge in [0.15, 0.2) is 5.79 Å². The number of thioether (sulfide) groups is 1. The highest BCUT2D eigenvalue weighted by Gasteiger charge is 2.61. The van der Waals surface area contributed by atoms with Crippen LogP contribution in [0, 0.1) is 11.8 Å². The fourth-order valence-electron chi connectivity index (χ4n) is 4.32. The summed E-state index contributed by atoms with van der Waals surface area (Å²) >= 11 is 7.75. The highest BCUT2D eigenvalue weighted by Crippen LogP contribution is 2.56. The fourth-order valence-corrected chi connectivity index (χ4v) is 5.77. The van der Waals surface area contributed by atoms with Crippen LogP contribution in [0.2, 0.25) is 5.02 Å². The summed E-state index contributed by atoms with van der Waals surface area (Å²) < 4.78 is 6.42. The number of rotatable bonds is 2. The maximum Gasteiger partial charge on any atom is 0.200 e. The van der Waals surface area contributed by atoms with Gasteiger partial charge < -0.3 is 4.74 Å². The maximum atomic E-state index is 6.42. The third-order valence-electron chi connectivity index (χ3n) is 5.64. The Morgan fingerprint density at radius 3 is 2.70 bits per heavy atom. The van der Waals surface area contributed by atoms with Crippen LogP contribution in [0.15, 0.2) is 29.2 Å². The number of halogens is 1.